The first kappa shape index (κ1) is 14.9. The SMILES string of the molecule is CC(Nc1ccc2cc(O)c(O)cc2c1)C(=O)O.Cl. The van der Waals surface area contributed by atoms with E-state index in [2.05, 4.69) is 5.32 Å². The van der Waals surface area contributed by atoms with Crippen LogP contribution in [0.25, 0.3) is 10.8 Å². The molecular formula is C13H14ClNO4. The van der Waals surface area contributed by atoms with Crippen molar-refractivity contribution in [2.45, 2.75) is 13.0 Å². The topological polar surface area (TPSA) is 89.8 Å². The van der Waals surface area contributed by atoms with Gasteiger partial charge >= 0.3 is 5.97 Å². The van der Waals surface area contributed by atoms with E-state index < -0.39 is 12.0 Å². The predicted molar refractivity (Wildman–Crippen MR) is 75.2 cm³/mol. The lowest BCUT2D eigenvalue weighted by atomic mass is 10.1. The molecule has 102 valence electrons. The summed E-state index contributed by atoms with van der Waals surface area (Å²) in [5.41, 5.74) is 0.641. The van der Waals surface area contributed by atoms with Gasteiger partial charge in [-0.3, -0.25) is 4.79 Å². The second kappa shape index (κ2) is 5.67. The van der Waals surface area contributed by atoms with Crippen LogP contribution in [0.4, 0.5) is 5.69 Å². The number of carboxylic acid groups (broad SMARTS) is 1. The molecule has 0 aliphatic carbocycles. The second-order valence-electron chi connectivity index (χ2n) is 4.11. The smallest absolute Gasteiger partial charge is 0.325 e. The van der Waals surface area contributed by atoms with Gasteiger partial charge in [0.1, 0.15) is 6.04 Å². The normalized spacial score (nSPS) is 11.6. The molecule has 0 amide bonds. The van der Waals surface area contributed by atoms with Crippen LogP contribution in [0.15, 0.2) is 30.3 Å². The number of hydrogen-bond acceptors (Lipinski definition) is 4. The molecule has 0 fully saturated rings. The molecule has 0 radical (unpaired) electrons. The number of fused-ring (bicyclic) bond motifs is 1. The summed E-state index contributed by atoms with van der Waals surface area (Å²) >= 11 is 0. The fourth-order valence-electron chi connectivity index (χ4n) is 1.68. The summed E-state index contributed by atoms with van der Waals surface area (Å²) in [4.78, 5) is 10.7. The molecule has 0 saturated carbocycles. The first-order chi connectivity index (χ1) is 8.47. The summed E-state index contributed by atoms with van der Waals surface area (Å²) < 4.78 is 0. The summed E-state index contributed by atoms with van der Waals surface area (Å²) in [7, 11) is 0. The highest BCUT2D eigenvalue weighted by Gasteiger charge is 2.10. The third kappa shape index (κ3) is 3.20. The Labute approximate surface area is 115 Å². The standard InChI is InChI=1S/C13H13NO4.ClH/c1-7(13(17)18)14-10-3-2-8-5-11(15)12(16)6-9(8)4-10;/h2-7,14-16H,1H3,(H,17,18);1H. The lowest BCUT2D eigenvalue weighted by molar-refractivity contribution is -0.137. The summed E-state index contributed by atoms with van der Waals surface area (Å²) in [6, 6.07) is 7.36. The lowest BCUT2D eigenvalue weighted by Crippen LogP contribution is -2.25. The van der Waals surface area contributed by atoms with Crippen molar-refractivity contribution in [2.24, 2.45) is 0 Å². The summed E-state index contributed by atoms with van der Waals surface area (Å²) in [5.74, 6) is -1.32. The molecule has 2 aromatic carbocycles. The van der Waals surface area contributed by atoms with Crippen molar-refractivity contribution in [1.82, 2.24) is 0 Å². The van der Waals surface area contributed by atoms with E-state index >= 15 is 0 Å². The Morgan fingerprint density at radius 1 is 1.11 bits per heavy atom. The van der Waals surface area contributed by atoms with Crippen LogP contribution in [-0.4, -0.2) is 27.3 Å². The van der Waals surface area contributed by atoms with E-state index in [1.54, 1.807) is 25.1 Å². The largest absolute Gasteiger partial charge is 0.504 e. The Morgan fingerprint density at radius 2 is 1.68 bits per heavy atom. The second-order valence-corrected chi connectivity index (χ2v) is 4.11. The number of nitrogens with one attached hydrogen (secondary N) is 1. The Kier molecular flexibility index (Phi) is 4.45. The molecule has 6 heteroatoms. The number of rotatable bonds is 3. The predicted octanol–water partition coefficient (Wildman–Crippen LogP) is 2.56. The van der Waals surface area contributed by atoms with Gasteiger partial charge < -0.3 is 20.6 Å². The van der Waals surface area contributed by atoms with Crippen molar-refractivity contribution in [3.05, 3.63) is 30.3 Å². The van der Waals surface area contributed by atoms with Gasteiger partial charge in [0.25, 0.3) is 0 Å². The molecule has 2 aromatic rings. The van der Waals surface area contributed by atoms with Crippen LogP contribution in [0.1, 0.15) is 6.92 Å². The first-order valence-electron chi connectivity index (χ1n) is 5.42. The number of anilines is 1. The van der Waals surface area contributed by atoms with E-state index in [1.807, 2.05) is 0 Å². The van der Waals surface area contributed by atoms with Crippen LogP contribution in [-0.2, 0) is 4.79 Å². The molecule has 1 atom stereocenters. The van der Waals surface area contributed by atoms with Gasteiger partial charge in [-0.05, 0) is 42.0 Å². The van der Waals surface area contributed by atoms with Gasteiger partial charge in [0.2, 0.25) is 0 Å². The zero-order valence-electron chi connectivity index (χ0n) is 10.1. The molecule has 4 N–H and O–H groups in total. The molecule has 0 bridgehead atoms. The average Bonchev–Trinajstić information content (AvgIpc) is 2.31. The maximum atomic E-state index is 10.7. The van der Waals surface area contributed by atoms with Gasteiger partial charge in [-0.1, -0.05) is 6.07 Å². The highest BCUT2D eigenvalue weighted by Crippen LogP contribution is 2.31. The van der Waals surface area contributed by atoms with Gasteiger partial charge in [0.05, 0.1) is 0 Å². The lowest BCUT2D eigenvalue weighted by Gasteiger charge is -2.11. The van der Waals surface area contributed by atoms with Crippen molar-refractivity contribution >= 4 is 34.8 Å². The third-order valence-corrected chi connectivity index (χ3v) is 2.69. The highest BCUT2D eigenvalue weighted by molar-refractivity contribution is 5.89. The number of aliphatic carboxylic acids is 1. The number of carbonyl (C=O) groups is 1. The molecule has 2 rings (SSSR count). The summed E-state index contributed by atoms with van der Waals surface area (Å²) in [5, 5.41) is 31.9. The molecule has 0 saturated heterocycles. The first-order valence-corrected chi connectivity index (χ1v) is 5.42. The average molecular weight is 284 g/mol. The van der Waals surface area contributed by atoms with Gasteiger partial charge in [-0.25, -0.2) is 0 Å². The van der Waals surface area contributed by atoms with E-state index in [0.29, 0.717) is 11.1 Å². The minimum atomic E-state index is -0.941. The molecule has 5 nitrogen and oxygen atoms in total. The van der Waals surface area contributed by atoms with Crippen LogP contribution in [0.3, 0.4) is 0 Å². The fourth-order valence-corrected chi connectivity index (χ4v) is 1.68. The van der Waals surface area contributed by atoms with Crippen molar-refractivity contribution in [3.8, 4) is 11.5 Å². The number of halogens is 1. The number of phenolic OH excluding ortho intramolecular Hbond substituents is 2. The zero-order valence-corrected chi connectivity index (χ0v) is 10.9. The van der Waals surface area contributed by atoms with Crippen LogP contribution >= 0.6 is 12.4 Å². The van der Waals surface area contributed by atoms with Crippen LogP contribution in [0, 0.1) is 0 Å². The number of aromatic hydroxyl groups is 2. The van der Waals surface area contributed by atoms with Crippen LogP contribution in [0.2, 0.25) is 0 Å². The minimum absolute atomic E-state index is 0. The van der Waals surface area contributed by atoms with Crippen molar-refractivity contribution in [3.63, 3.8) is 0 Å². The van der Waals surface area contributed by atoms with Gasteiger partial charge in [0.15, 0.2) is 11.5 Å². The molecule has 0 spiro atoms. The Morgan fingerprint density at radius 3 is 2.26 bits per heavy atom. The summed E-state index contributed by atoms with van der Waals surface area (Å²) in [6.45, 7) is 1.54. The molecule has 0 aliphatic rings. The zero-order chi connectivity index (χ0) is 13.3. The quantitative estimate of drug-likeness (QED) is 0.650. The molecular weight excluding hydrogens is 270 g/mol. The molecule has 1 unspecified atom stereocenters. The Bertz CT molecular complexity index is 615. The van der Waals surface area contributed by atoms with Gasteiger partial charge in [0, 0.05) is 5.69 Å². The van der Waals surface area contributed by atoms with Crippen molar-refractivity contribution in [1.29, 1.82) is 0 Å². The molecule has 0 aliphatic heterocycles. The number of carboxylic acids is 1. The van der Waals surface area contributed by atoms with Crippen LogP contribution in [0.5, 0.6) is 11.5 Å². The van der Waals surface area contributed by atoms with E-state index in [4.69, 9.17) is 5.11 Å². The number of benzene rings is 2. The number of phenols is 2. The molecule has 0 heterocycles. The summed E-state index contributed by atoms with van der Waals surface area (Å²) in [6.07, 6.45) is 0. The van der Waals surface area contributed by atoms with Crippen LogP contribution < -0.4 is 5.32 Å². The minimum Gasteiger partial charge on any atom is -0.504 e. The van der Waals surface area contributed by atoms with Crippen molar-refractivity contribution in [2.75, 3.05) is 5.32 Å². The maximum Gasteiger partial charge on any atom is 0.325 e. The Hall–Kier alpha value is -2.14. The van der Waals surface area contributed by atoms with E-state index in [0.717, 1.165) is 5.39 Å². The van der Waals surface area contributed by atoms with E-state index in [1.165, 1.54) is 12.1 Å². The Balaban J connectivity index is 0.00000180. The number of hydrogen-bond donors (Lipinski definition) is 4. The van der Waals surface area contributed by atoms with Gasteiger partial charge in [-0.15, -0.1) is 12.4 Å². The third-order valence-electron chi connectivity index (χ3n) is 2.69. The van der Waals surface area contributed by atoms with Gasteiger partial charge in [-0.2, -0.15) is 0 Å². The van der Waals surface area contributed by atoms with Crippen molar-refractivity contribution < 1.29 is 20.1 Å². The van der Waals surface area contributed by atoms with E-state index in [9.17, 15) is 15.0 Å². The van der Waals surface area contributed by atoms with E-state index in [-0.39, 0.29) is 23.9 Å². The highest BCUT2D eigenvalue weighted by atomic mass is 35.5. The maximum absolute atomic E-state index is 10.7. The molecule has 19 heavy (non-hydrogen) atoms. The monoisotopic (exact) mass is 283 g/mol. The molecule has 0 aromatic heterocycles. The fraction of sp³-hybridized carbons (Fsp3) is 0.154.